The first-order valence-electron chi connectivity index (χ1n) is 9.35. The van der Waals surface area contributed by atoms with E-state index in [2.05, 4.69) is 0 Å². The Balaban J connectivity index is 1.71. The molecule has 1 fully saturated rings. The van der Waals surface area contributed by atoms with Crippen molar-refractivity contribution in [3.63, 3.8) is 0 Å². The lowest BCUT2D eigenvalue weighted by molar-refractivity contribution is -0.146. The lowest BCUT2D eigenvalue weighted by Crippen LogP contribution is -2.36. The van der Waals surface area contributed by atoms with E-state index >= 15 is 0 Å². The number of nitrogens with zero attached hydrogens (tertiary/aromatic N) is 3. The summed E-state index contributed by atoms with van der Waals surface area (Å²) in [5.41, 5.74) is 3.85. The van der Waals surface area contributed by atoms with E-state index in [-0.39, 0.29) is 5.97 Å². The molecule has 144 valence electrons. The number of methoxy groups -OCH3 is 1. The van der Waals surface area contributed by atoms with Crippen molar-refractivity contribution < 1.29 is 14.6 Å². The number of rotatable bonds is 5. The van der Waals surface area contributed by atoms with Gasteiger partial charge in [0.25, 0.3) is 0 Å². The molecule has 0 aliphatic carbocycles. The summed E-state index contributed by atoms with van der Waals surface area (Å²) < 4.78 is 6.79. The number of esters is 1. The van der Waals surface area contributed by atoms with Gasteiger partial charge in [-0.05, 0) is 12.1 Å². The lowest BCUT2D eigenvalue weighted by atomic mass is 10.1. The SMILES string of the molecule is COC(=O)C1C[C@@H](O)CN1Cc1cn(-c2ccccc2)nc1-c1ccccc1. The van der Waals surface area contributed by atoms with Crippen molar-refractivity contribution in [3.05, 3.63) is 72.4 Å². The monoisotopic (exact) mass is 377 g/mol. The van der Waals surface area contributed by atoms with Crippen LogP contribution in [0.25, 0.3) is 16.9 Å². The number of carbonyl (C=O) groups is 1. The molecule has 4 rings (SSSR count). The van der Waals surface area contributed by atoms with Gasteiger partial charge in [0.05, 0.1) is 24.6 Å². The lowest BCUT2D eigenvalue weighted by Gasteiger charge is -2.21. The van der Waals surface area contributed by atoms with E-state index in [4.69, 9.17) is 9.84 Å². The summed E-state index contributed by atoms with van der Waals surface area (Å²) in [5.74, 6) is -0.312. The Morgan fingerprint density at radius 3 is 2.50 bits per heavy atom. The van der Waals surface area contributed by atoms with Crippen LogP contribution >= 0.6 is 0 Å². The summed E-state index contributed by atoms with van der Waals surface area (Å²) in [7, 11) is 1.38. The maximum Gasteiger partial charge on any atom is 0.323 e. The van der Waals surface area contributed by atoms with Crippen LogP contribution in [0.2, 0.25) is 0 Å². The summed E-state index contributed by atoms with van der Waals surface area (Å²) >= 11 is 0. The number of hydrogen-bond donors (Lipinski definition) is 1. The molecule has 0 bridgehead atoms. The molecule has 2 aromatic carbocycles. The molecular formula is C22H23N3O3. The number of para-hydroxylation sites is 1. The highest BCUT2D eigenvalue weighted by molar-refractivity contribution is 5.76. The minimum absolute atomic E-state index is 0.312. The van der Waals surface area contributed by atoms with Crippen LogP contribution in [0.5, 0.6) is 0 Å². The second-order valence-corrected chi connectivity index (χ2v) is 7.01. The number of ether oxygens (including phenoxy) is 1. The van der Waals surface area contributed by atoms with Gasteiger partial charge in [0, 0.05) is 36.8 Å². The zero-order valence-corrected chi connectivity index (χ0v) is 15.7. The molecule has 6 nitrogen and oxygen atoms in total. The summed E-state index contributed by atoms with van der Waals surface area (Å²) in [5, 5.41) is 14.9. The van der Waals surface area contributed by atoms with Crippen molar-refractivity contribution >= 4 is 5.97 Å². The largest absolute Gasteiger partial charge is 0.468 e. The Hall–Kier alpha value is -2.96. The number of aliphatic hydroxyl groups excluding tert-OH is 1. The van der Waals surface area contributed by atoms with Gasteiger partial charge in [-0.1, -0.05) is 48.5 Å². The first-order chi connectivity index (χ1) is 13.7. The maximum atomic E-state index is 12.1. The molecule has 0 radical (unpaired) electrons. The van der Waals surface area contributed by atoms with Gasteiger partial charge in [0.1, 0.15) is 6.04 Å². The average molecular weight is 377 g/mol. The van der Waals surface area contributed by atoms with Crippen LogP contribution < -0.4 is 0 Å². The van der Waals surface area contributed by atoms with Gasteiger partial charge < -0.3 is 9.84 Å². The van der Waals surface area contributed by atoms with E-state index in [0.717, 1.165) is 22.5 Å². The second kappa shape index (κ2) is 7.96. The Morgan fingerprint density at radius 2 is 1.82 bits per heavy atom. The number of hydrogen-bond acceptors (Lipinski definition) is 5. The zero-order valence-electron chi connectivity index (χ0n) is 15.7. The van der Waals surface area contributed by atoms with Crippen LogP contribution in [0.1, 0.15) is 12.0 Å². The third kappa shape index (κ3) is 3.69. The number of likely N-dealkylation sites (tertiary alicyclic amines) is 1. The molecule has 1 N–H and O–H groups in total. The number of aliphatic hydroxyl groups is 1. The van der Waals surface area contributed by atoms with Gasteiger partial charge >= 0.3 is 5.97 Å². The van der Waals surface area contributed by atoms with Crippen molar-refractivity contribution in [2.75, 3.05) is 13.7 Å². The molecule has 1 saturated heterocycles. The Labute approximate surface area is 164 Å². The normalized spacial score (nSPS) is 19.6. The molecule has 0 spiro atoms. The quantitative estimate of drug-likeness (QED) is 0.693. The van der Waals surface area contributed by atoms with Crippen LogP contribution in [-0.4, -0.2) is 51.6 Å². The number of β-amino-alcohol motifs (C(OH)–C–C–N with tert-alkyl or cyclic N) is 1. The number of aromatic nitrogens is 2. The minimum Gasteiger partial charge on any atom is -0.468 e. The Morgan fingerprint density at radius 1 is 1.14 bits per heavy atom. The summed E-state index contributed by atoms with van der Waals surface area (Å²) in [6.45, 7) is 0.943. The molecule has 2 atom stereocenters. The Kier molecular flexibility index (Phi) is 5.23. The highest BCUT2D eigenvalue weighted by Crippen LogP contribution is 2.28. The van der Waals surface area contributed by atoms with E-state index in [1.807, 2.05) is 76.4 Å². The highest BCUT2D eigenvalue weighted by Gasteiger charge is 2.37. The topological polar surface area (TPSA) is 67.6 Å². The molecule has 1 aliphatic rings. The second-order valence-electron chi connectivity index (χ2n) is 7.01. The summed E-state index contributed by atoms with van der Waals surface area (Å²) in [6, 6.07) is 19.5. The molecule has 3 aromatic rings. The fraction of sp³-hybridized carbons (Fsp3) is 0.273. The third-order valence-electron chi connectivity index (χ3n) is 5.09. The van der Waals surface area contributed by atoms with Crippen LogP contribution in [0, 0.1) is 0 Å². The third-order valence-corrected chi connectivity index (χ3v) is 5.09. The average Bonchev–Trinajstić information content (AvgIpc) is 3.32. The van der Waals surface area contributed by atoms with E-state index in [1.165, 1.54) is 7.11 Å². The van der Waals surface area contributed by atoms with Crippen molar-refractivity contribution in [1.29, 1.82) is 0 Å². The molecule has 28 heavy (non-hydrogen) atoms. The van der Waals surface area contributed by atoms with Gasteiger partial charge in [-0.3, -0.25) is 9.69 Å². The van der Waals surface area contributed by atoms with E-state index in [1.54, 1.807) is 0 Å². The predicted molar refractivity (Wildman–Crippen MR) is 106 cm³/mol. The molecular weight excluding hydrogens is 354 g/mol. The summed E-state index contributed by atoms with van der Waals surface area (Å²) in [4.78, 5) is 14.1. The maximum absolute atomic E-state index is 12.1. The molecule has 0 saturated carbocycles. The summed E-state index contributed by atoms with van der Waals surface area (Å²) in [6.07, 6.45) is 1.85. The van der Waals surface area contributed by atoms with Gasteiger partial charge in [0.15, 0.2) is 0 Å². The zero-order chi connectivity index (χ0) is 19.5. The molecule has 1 aromatic heterocycles. The molecule has 2 heterocycles. The molecule has 1 unspecified atom stereocenters. The van der Waals surface area contributed by atoms with Crippen molar-refractivity contribution in [2.24, 2.45) is 0 Å². The fourth-order valence-corrected chi connectivity index (χ4v) is 3.73. The first kappa shape index (κ1) is 18.4. The van der Waals surface area contributed by atoms with Crippen molar-refractivity contribution in [3.8, 4) is 16.9 Å². The van der Waals surface area contributed by atoms with Crippen molar-refractivity contribution in [2.45, 2.75) is 25.1 Å². The molecule has 6 heteroatoms. The van der Waals surface area contributed by atoms with Gasteiger partial charge in [-0.15, -0.1) is 0 Å². The highest BCUT2D eigenvalue weighted by atomic mass is 16.5. The molecule has 0 amide bonds. The van der Waals surface area contributed by atoms with Crippen LogP contribution in [0.4, 0.5) is 0 Å². The van der Waals surface area contributed by atoms with Crippen molar-refractivity contribution in [1.82, 2.24) is 14.7 Å². The number of carbonyl (C=O) groups excluding carboxylic acids is 1. The minimum atomic E-state index is -0.534. The van der Waals surface area contributed by atoms with Crippen LogP contribution in [0.3, 0.4) is 0 Å². The van der Waals surface area contributed by atoms with Crippen LogP contribution in [0.15, 0.2) is 66.9 Å². The van der Waals surface area contributed by atoms with Gasteiger partial charge in [-0.2, -0.15) is 5.10 Å². The smallest absolute Gasteiger partial charge is 0.323 e. The van der Waals surface area contributed by atoms with E-state index in [9.17, 15) is 9.90 Å². The van der Waals surface area contributed by atoms with Crippen LogP contribution in [-0.2, 0) is 16.1 Å². The Bertz CT molecular complexity index is 940. The van der Waals surface area contributed by atoms with E-state index in [0.29, 0.717) is 19.5 Å². The van der Waals surface area contributed by atoms with E-state index < -0.39 is 12.1 Å². The molecule has 1 aliphatic heterocycles. The van der Waals surface area contributed by atoms with Gasteiger partial charge in [-0.25, -0.2) is 4.68 Å². The predicted octanol–water partition coefficient (Wildman–Crippen LogP) is 2.65. The number of benzene rings is 2. The standard InChI is InChI=1S/C22H23N3O3/c1-28-22(27)20-12-19(26)15-24(20)13-17-14-25(18-10-6-3-7-11-18)23-21(17)16-8-4-2-5-9-16/h2-11,14,19-20,26H,12-13,15H2,1H3/t19-,20?/m1/s1. The fourth-order valence-electron chi connectivity index (χ4n) is 3.73. The first-order valence-corrected chi connectivity index (χ1v) is 9.35. The van der Waals surface area contributed by atoms with Gasteiger partial charge in [0.2, 0.25) is 0 Å².